The number of nitrogens with one attached hydrogen (secondary N) is 1. The molecule has 2 fully saturated rings. The zero-order valence-electron chi connectivity index (χ0n) is 9.16. The molecule has 2 rings (SSSR count). The van der Waals surface area contributed by atoms with Crippen LogP contribution < -0.4 is 5.32 Å². The SMILES string of the molecule is CC1NC(C)N(C2CCN(C)C2)C1=O. The predicted molar refractivity (Wildman–Crippen MR) is 54.8 cm³/mol. The third-order valence-corrected chi connectivity index (χ3v) is 3.29. The average molecular weight is 197 g/mol. The van der Waals surface area contributed by atoms with Gasteiger partial charge in [0.15, 0.2) is 0 Å². The lowest BCUT2D eigenvalue weighted by molar-refractivity contribution is -0.131. The van der Waals surface area contributed by atoms with Gasteiger partial charge in [-0.25, -0.2) is 0 Å². The van der Waals surface area contributed by atoms with Gasteiger partial charge in [0.2, 0.25) is 5.91 Å². The fourth-order valence-electron chi connectivity index (χ4n) is 2.56. The summed E-state index contributed by atoms with van der Waals surface area (Å²) in [6.45, 7) is 6.14. The number of likely N-dealkylation sites (N-methyl/N-ethyl adjacent to an activating group) is 1. The maximum absolute atomic E-state index is 11.9. The van der Waals surface area contributed by atoms with Gasteiger partial charge < -0.3 is 9.80 Å². The Labute approximate surface area is 85.2 Å². The van der Waals surface area contributed by atoms with Gasteiger partial charge in [-0.2, -0.15) is 0 Å². The van der Waals surface area contributed by atoms with E-state index in [2.05, 4.69) is 24.2 Å². The van der Waals surface area contributed by atoms with Crippen molar-refractivity contribution >= 4 is 5.91 Å². The summed E-state index contributed by atoms with van der Waals surface area (Å²) in [4.78, 5) is 16.2. The summed E-state index contributed by atoms with van der Waals surface area (Å²) in [5.41, 5.74) is 0. The summed E-state index contributed by atoms with van der Waals surface area (Å²) in [7, 11) is 2.11. The molecule has 2 aliphatic heterocycles. The minimum absolute atomic E-state index is 0.00379. The van der Waals surface area contributed by atoms with E-state index >= 15 is 0 Å². The van der Waals surface area contributed by atoms with Gasteiger partial charge in [0.1, 0.15) is 0 Å². The largest absolute Gasteiger partial charge is 0.322 e. The van der Waals surface area contributed by atoms with Gasteiger partial charge in [-0.3, -0.25) is 10.1 Å². The van der Waals surface area contributed by atoms with Crippen LogP contribution in [0.3, 0.4) is 0 Å². The van der Waals surface area contributed by atoms with Crippen LogP contribution in [0.2, 0.25) is 0 Å². The number of rotatable bonds is 1. The molecule has 2 saturated heterocycles. The number of likely N-dealkylation sites (tertiary alicyclic amines) is 1. The Hall–Kier alpha value is -0.610. The topological polar surface area (TPSA) is 35.6 Å². The Balaban J connectivity index is 2.06. The van der Waals surface area contributed by atoms with Crippen molar-refractivity contribution in [1.29, 1.82) is 0 Å². The van der Waals surface area contributed by atoms with Crippen LogP contribution in [0.1, 0.15) is 20.3 Å². The van der Waals surface area contributed by atoms with Crippen molar-refractivity contribution in [2.24, 2.45) is 0 Å². The molecule has 0 aromatic rings. The highest BCUT2D eigenvalue weighted by atomic mass is 16.2. The number of carbonyl (C=O) groups is 1. The van der Waals surface area contributed by atoms with Gasteiger partial charge >= 0.3 is 0 Å². The highest BCUT2D eigenvalue weighted by Gasteiger charge is 2.39. The molecule has 4 nitrogen and oxygen atoms in total. The number of hydrogen-bond acceptors (Lipinski definition) is 3. The summed E-state index contributed by atoms with van der Waals surface area (Å²) in [5.74, 6) is 0.262. The van der Waals surface area contributed by atoms with E-state index in [0.717, 1.165) is 19.5 Å². The molecule has 0 aromatic heterocycles. The van der Waals surface area contributed by atoms with Gasteiger partial charge in [0.05, 0.1) is 12.2 Å². The van der Waals surface area contributed by atoms with Crippen LogP contribution in [0.5, 0.6) is 0 Å². The minimum atomic E-state index is -0.00379. The molecule has 1 N–H and O–H groups in total. The van der Waals surface area contributed by atoms with E-state index in [-0.39, 0.29) is 18.1 Å². The number of nitrogens with zero attached hydrogens (tertiary/aromatic N) is 2. The summed E-state index contributed by atoms with van der Waals surface area (Å²) >= 11 is 0. The van der Waals surface area contributed by atoms with E-state index in [1.54, 1.807) is 0 Å². The lowest BCUT2D eigenvalue weighted by Crippen LogP contribution is -2.44. The van der Waals surface area contributed by atoms with E-state index in [4.69, 9.17) is 0 Å². The first kappa shape index (κ1) is 9.93. The maximum Gasteiger partial charge on any atom is 0.241 e. The van der Waals surface area contributed by atoms with E-state index < -0.39 is 0 Å². The Bertz CT molecular complexity index is 244. The Morgan fingerprint density at radius 3 is 2.57 bits per heavy atom. The van der Waals surface area contributed by atoms with Crippen LogP contribution >= 0.6 is 0 Å². The Morgan fingerprint density at radius 2 is 2.14 bits per heavy atom. The Kier molecular flexibility index (Phi) is 2.49. The van der Waals surface area contributed by atoms with Crippen molar-refractivity contribution in [3.05, 3.63) is 0 Å². The first-order valence-electron chi connectivity index (χ1n) is 5.36. The molecule has 0 saturated carbocycles. The minimum Gasteiger partial charge on any atom is -0.322 e. The number of hydrogen-bond donors (Lipinski definition) is 1. The van der Waals surface area contributed by atoms with E-state index in [1.807, 2.05) is 11.8 Å². The molecule has 2 aliphatic rings. The lowest BCUT2D eigenvalue weighted by Gasteiger charge is -2.27. The molecule has 0 radical (unpaired) electrons. The highest BCUT2D eigenvalue weighted by molar-refractivity contribution is 5.84. The van der Waals surface area contributed by atoms with Crippen molar-refractivity contribution in [3.63, 3.8) is 0 Å². The summed E-state index contributed by atoms with van der Waals surface area (Å²) in [6.07, 6.45) is 1.31. The second kappa shape index (κ2) is 3.51. The molecule has 0 aliphatic carbocycles. The molecule has 2 heterocycles. The monoisotopic (exact) mass is 197 g/mol. The van der Waals surface area contributed by atoms with E-state index in [9.17, 15) is 4.79 Å². The third-order valence-electron chi connectivity index (χ3n) is 3.29. The molecular formula is C10H19N3O. The predicted octanol–water partition coefficient (Wildman–Crippen LogP) is -0.143. The van der Waals surface area contributed by atoms with Gasteiger partial charge in [0.25, 0.3) is 0 Å². The summed E-state index contributed by atoms with van der Waals surface area (Å²) in [6, 6.07) is 0.413. The smallest absolute Gasteiger partial charge is 0.241 e. The van der Waals surface area contributed by atoms with Crippen molar-refractivity contribution < 1.29 is 4.79 Å². The van der Waals surface area contributed by atoms with Gasteiger partial charge in [-0.05, 0) is 33.9 Å². The van der Waals surface area contributed by atoms with Crippen molar-refractivity contribution in [3.8, 4) is 0 Å². The van der Waals surface area contributed by atoms with Crippen LogP contribution in [0.15, 0.2) is 0 Å². The summed E-state index contributed by atoms with van der Waals surface area (Å²) in [5, 5.41) is 3.27. The lowest BCUT2D eigenvalue weighted by atomic mass is 10.2. The summed E-state index contributed by atoms with van der Waals surface area (Å²) < 4.78 is 0. The quantitative estimate of drug-likeness (QED) is 0.635. The van der Waals surface area contributed by atoms with Crippen LogP contribution in [0, 0.1) is 0 Å². The van der Waals surface area contributed by atoms with Gasteiger partial charge in [-0.1, -0.05) is 0 Å². The maximum atomic E-state index is 11.9. The molecule has 0 aromatic carbocycles. The molecule has 3 atom stereocenters. The van der Waals surface area contributed by atoms with Crippen molar-refractivity contribution in [2.45, 2.75) is 38.5 Å². The van der Waals surface area contributed by atoms with Crippen LogP contribution in [0.4, 0.5) is 0 Å². The van der Waals surface area contributed by atoms with E-state index in [0.29, 0.717) is 6.04 Å². The first-order valence-corrected chi connectivity index (χ1v) is 5.36. The number of amides is 1. The Morgan fingerprint density at radius 1 is 1.43 bits per heavy atom. The highest BCUT2D eigenvalue weighted by Crippen LogP contribution is 2.20. The van der Waals surface area contributed by atoms with Gasteiger partial charge in [0, 0.05) is 12.6 Å². The first-order chi connectivity index (χ1) is 6.59. The second-order valence-electron chi connectivity index (χ2n) is 4.51. The molecule has 3 unspecified atom stereocenters. The zero-order chi connectivity index (χ0) is 10.3. The molecule has 4 heteroatoms. The van der Waals surface area contributed by atoms with Crippen LogP contribution in [-0.2, 0) is 4.79 Å². The van der Waals surface area contributed by atoms with Crippen LogP contribution in [-0.4, -0.2) is 54.1 Å². The van der Waals surface area contributed by atoms with Crippen molar-refractivity contribution in [1.82, 2.24) is 15.1 Å². The van der Waals surface area contributed by atoms with Crippen molar-refractivity contribution in [2.75, 3.05) is 20.1 Å². The zero-order valence-corrected chi connectivity index (χ0v) is 9.16. The van der Waals surface area contributed by atoms with Gasteiger partial charge in [-0.15, -0.1) is 0 Å². The second-order valence-corrected chi connectivity index (χ2v) is 4.51. The molecular weight excluding hydrogens is 178 g/mol. The normalized spacial score (nSPS) is 39.8. The standard InChI is InChI=1S/C10H19N3O/c1-7-10(14)13(8(2)11-7)9-4-5-12(3)6-9/h7-9,11H,4-6H2,1-3H3. The molecule has 0 bridgehead atoms. The van der Waals surface area contributed by atoms with E-state index in [1.165, 1.54) is 0 Å². The fourth-order valence-corrected chi connectivity index (χ4v) is 2.56. The van der Waals surface area contributed by atoms with Crippen LogP contribution in [0.25, 0.3) is 0 Å². The average Bonchev–Trinajstić information content (AvgIpc) is 2.60. The fraction of sp³-hybridized carbons (Fsp3) is 0.900. The molecule has 0 spiro atoms. The molecule has 1 amide bonds. The third kappa shape index (κ3) is 1.53. The molecule has 80 valence electrons. The number of carbonyl (C=O) groups excluding carboxylic acids is 1. The molecule has 14 heavy (non-hydrogen) atoms.